The molecule has 0 bridgehead atoms. The number of hydrogen-bond donors (Lipinski definition) is 3. The van der Waals surface area contributed by atoms with E-state index in [1.807, 2.05) is 0 Å². The third kappa shape index (κ3) is 2.00. The van der Waals surface area contributed by atoms with Gasteiger partial charge in [0.2, 0.25) is 0 Å². The first-order chi connectivity index (χ1) is 8.06. The summed E-state index contributed by atoms with van der Waals surface area (Å²) in [5.74, 6) is -0.946. The minimum atomic E-state index is -1.08. The van der Waals surface area contributed by atoms with E-state index in [0.717, 1.165) is 12.8 Å². The fourth-order valence-electron chi connectivity index (χ4n) is 2.23. The van der Waals surface area contributed by atoms with Crippen LogP contribution in [0.2, 0.25) is 0 Å². The molecule has 7 heteroatoms. The molecule has 4 N–H and O–H groups in total. The molecule has 1 aromatic heterocycles. The molecule has 17 heavy (non-hydrogen) atoms. The van der Waals surface area contributed by atoms with E-state index in [4.69, 9.17) is 10.8 Å². The van der Waals surface area contributed by atoms with Crippen molar-refractivity contribution in [2.24, 2.45) is 0 Å². The van der Waals surface area contributed by atoms with Crippen LogP contribution >= 0.6 is 11.8 Å². The van der Waals surface area contributed by atoms with Gasteiger partial charge in [0, 0.05) is 0 Å². The predicted molar refractivity (Wildman–Crippen MR) is 64.3 cm³/mol. The number of aliphatic hydroxyl groups is 1. The SMILES string of the molecule is CSc1nn(C2CCCC2O)c(N)c1C(=O)O. The van der Waals surface area contributed by atoms with Crippen molar-refractivity contribution in [3.05, 3.63) is 5.56 Å². The van der Waals surface area contributed by atoms with Crippen LogP contribution < -0.4 is 5.73 Å². The molecule has 2 atom stereocenters. The van der Waals surface area contributed by atoms with Crippen LogP contribution in [0.25, 0.3) is 0 Å². The van der Waals surface area contributed by atoms with E-state index in [1.54, 1.807) is 6.26 Å². The molecule has 1 heterocycles. The summed E-state index contributed by atoms with van der Waals surface area (Å²) in [4.78, 5) is 11.1. The number of carboxylic acids is 1. The Hall–Kier alpha value is -1.21. The zero-order chi connectivity index (χ0) is 12.6. The van der Waals surface area contributed by atoms with Crippen molar-refractivity contribution in [2.45, 2.75) is 36.4 Å². The molecule has 0 amide bonds. The molecule has 2 rings (SSSR count). The number of anilines is 1. The van der Waals surface area contributed by atoms with Gasteiger partial charge in [-0.2, -0.15) is 5.10 Å². The van der Waals surface area contributed by atoms with Crippen LogP contribution in [0.5, 0.6) is 0 Å². The van der Waals surface area contributed by atoms with Crippen LogP contribution in [0.1, 0.15) is 35.7 Å². The number of nitrogen functional groups attached to an aromatic ring is 1. The molecule has 0 spiro atoms. The molecule has 1 aliphatic carbocycles. The number of carbonyl (C=O) groups is 1. The van der Waals surface area contributed by atoms with Gasteiger partial charge in [-0.15, -0.1) is 11.8 Å². The average Bonchev–Trinajstić information content (AvgIpc) is 2.81. The Morgan fingerprint density at radius 2 is 2.29 bits per heavy atom. The van der Waals surface area contributed by atoms with Gasteiger partial charge in [0.1, 0.15) is 16.4 Å². The largest absolute Gasteiger partial charge is 0.477 e. The first kappa shape index (κ1) is 12.3. The Kier molecular flexibility index (Phi) is 3.30. The van der Waals surface area contributed by atoms with Gasteiger partial charge in [0.15, 0.2) is 0 Å². The summed E-state index contributed by atoms with van der Waals surface area (Å²) >= 11 is 1.24. The van der Waals surface area contributed by atoms with Gasteiger partial charge >= 0.3 is 5.97 Å². The molecule has 1 saturated carbocycles. The fourth-order valence-corrected chi connectivity index (χ4v) is 2.79. The standard InChI is InChI=1S/C10H15N3O3S/c1-17-9-7(10(15)16)8(11)13(12-9)5-3-2-4-6(5)14/h5-6,14H,2-4,11H2,1H3,(H,15,16). The number of nitrogens with two attached hydrogens (primary N) is 1. The van der Waals surface area contributed by atoms with Crippen LogP contribution in [0.3, 0.4) is 0 Å². The van der Waals surface area contributed by atoms with Crippen molar-refractivity contribution in [1.29, 1.82) is 0 Å². The summed E-state index contributed by atoms with van der Waals surface area (Å²) in [6.45, 7) is 0. The summed E-state index contributed by atoms with van der Waals surface area (Å²) in [5, 5.41) is 23.5. The normalized spacial score (nSPS) is 24.1. The number of aromatic carboxylic acids is 1. The number of carboxylic acid groups (broad SMARTS) is 1. The lowest BCUT2D eigenvalue weighted by molar-refractivity contribution is 0.0694. The summed E-state index contributed by atoms with van der Waals surface area (Å²) < 4.78 is 1.47. The molecular weight excluding hydrogens is 242 g/mol. The molecule has 0 radical (unpaired) electrons. The predicted octanol–water partition coefficient (Wildman–Crippen LogP) is 0.971. The van der Waals surface area contributed by atoms with Crippen molar-refractivity contribution in [3.63, 3.8) is 0 Å². The van der Waals surface area contributed by atoms with Crippen LogP contribution in [-0.2, 0) is 0 Å². The third-order valence-corrected chi connectivity index (χ3v) is 3.75. The van der Waals surface area contributed by atoms with E-state index in [0.29, 0.717) is 11.4 Å². The highest BCUT2D eigenvalue weighted by Gasteiger charge is 2.32. The second kappa shape index (κ2) is 4.58. The number of hydrogen-bond acceptors (Lipinski definition) is 5. The van der Waals surface area contributed by atoms with Crippen LogP contribution in [0.4, 0.5) is 5.82 Å². The van der Waals surface area contributed by atoms with Crippen molar-refractivity contribution in [1.82, 2.24) is 9.78 Å². The van der Waals surface area contributed by atoms with E-state index in [9.17, 15) is 9.90 Å². The van der Waals surface area contributed by atoms with Crippen LogP contribution in [-0.4, -0.2) is 38.3 Å². The molecule has 94 valence electrons. The molecule has 0 aliphatic heterocycles. The maximum Gasteiger partial charge on any atom is 0.342 e. The second-order valence-electron chi connectivity index (χ2n) is 4.08. The maximum absolute atomic E-state index is 11.1. The minimum absolute atomic E-state index is 0.0385. The van der Waals surface area contributed by atoms with Gasteiger partial charge in [-0.3, -0.25) is 0 Å². The van der Waals surface area contributed by atoms with Gasteiger partial charge in [-0.05, 0) is 25.5 Å². The highest BCUT2D eigenvalue weighted by atomic mass is 32.2. The summed E-state index contributed by atoms with van der Waals surface area (Å²) in [7, 11) is 0. The summed E-state index contributed by atoms with van der Waals surface area (Å²) in [6.07, 6.45) is 3.65. The zero-order valence-electron chi connectivity index (χ0n) is 9.46. The van der Waals surface area contributed by atoms with Gasteiger partial charge < -0.3 is 15.9 Å². The van der Waals surface area contributed by atoms with E-state index >= 15 is 0 Å². The van der Waals surface area contributed by atoms with Crippen LogP contribution in [0, 0.1) is 0 Å². The number of aliphatic hydroxyl groups excluding tert-OH is 1. The number of nitrogens with zero attached hydrogens (tertiary/aromatic N) is 2. The second-order valence-corrected chi connectivity index (χ2v) is 4.88. The van der Waals surface area contributed by atoms with Crippen molar-refractivity contribution in [2.75, 3.05) is 12.0 Å². The van der Waals surface area contributed by atoms with Gasteiger partial charge in [-0.25, -0.2) is 9.48 Å². The monoisotopic (exact) mass is 257 g/mol. The van der Waals surface area contributed by atoms with E-state index in [1.165, 1.54) is 16.4 Å². The Bertz CT molecular complexity index is 446. The fraction of sp³-hybridized carbons (Fsp3) is 0.600. The first-order valence-corrected chi connectivity index (χ1v) is 6.62. The number of aromatic nitrogens is 2. The van der Waals surface area contributed by atoms with Crippen LogP contribution in [0.15, 0.2) is 5.03 Å². The zero-order valence-corrected chi connectivity index (χ0v) is 10.3. The van der Waals surface area contributed by atoms with E-state index in [-0.39, 0.29) is 17.4 Å². The molecular formula is C10H15N3O3S. The topological polar surface area (TPSA) is 101 Å². The number of thioether (sulfide) groups is 1. The summed E-state index contributed by atoms with van der Waals surface area (Å²) in [5.41, 5.74) is 5.86. The Morgan fingerprint density at radius 1 is 1.59 bits per heavy atom. The van der Waals surface area contributed by atoms with Gasteiger partial charge in [0.05, 0.1) is 12.1 Å². The molecule has 0 saturated heterocycles. The minimum Gasteiger partial charge on any atom is -0.477 e. The number of rotatable bonds is 3. The first-order valence-electron chi connectivity index (χ1n) is 5.39. The highest BCUT2D eigenvalue weighted by molar-refractivity contribution is 7.98. The van der Waals surface area contributed by atoms with Crippen molar-refractivity contribution in [3.8, 4) is 0 Å². The third-order valence-electron chi connectivity index (χ3n) is 3.08. The van der Waals surface area contributed by atoms with Gasteiger partial charge in [-0.1, -0.05) is 0 Å². The van der Waals surface area contributed by atoms with E-state index in [2.05, 4.69) is 5.10 Å². The Balaban J connectivity index is 2.45. The lowest BCUT2D eigenvalue weighted by Gasteiger charge is -2.16. The van der Waals surface area contributed by atoms with Crippen molar-refractivity contribution >= 4 is 23.5 Å². The van der Waals surface area contributed by atoms with Crippen molar-refractivity contribution < 1.29 is 15.0 Å². The maximum atomic E-state index is 11.1. The van der Waals surface area contributed by atoms with E-state index < -0.39 is 12.1 Å². The quantitative estimate of drug-likeness (QED) is 0.697. The Labute approximate surface area is 103 Å². The smallest absolute Gasteiger partial charge is 0.342 e. The molecule has 6 nitrogen and oxygen atoms in total. The molecule has 2 unspecified atom stereocenters. The molecule has 0 aromatic carbocycles. The highest BCUT2D eigenvalue weighted by Crippen LogP contribution is 2.35. The Morgan fingerprint density at radius 3 is 2.71 bits per heavy atom. The van der Waals surface area contributed by atoms with Gasteiger partial charge in [0.25, 0.3) is 0 Å². The summed E-state index contributed by atoms with van der Waals surface area (Å²) in [6, 6.07) is -0.200. The molecule has 1 aliphatic rings. The lowest BCUT2D eigenvalue weighted by atomic mass is 10.2. The molecule has 1 fully saturated rings. The molecule has 1 aromatic rings. The average molecular weight is 257 g/mol. The lowest BCUT2D eigenvalue weighted by Crippen LogP contribution is -2.21.